The minimum absolute atomic E-state index is 0.324. The fourth-order valence-electron chi connectivity index (χ4n) is 1.07. The highest BCUT2D eigenvalue weighted by molar-refractivity contribution is 4.97. The molecule has 0 spiro atoms. The van der Waals surface area contributed by atoms with Gasteiger partial charge in [0.25, 0.3) is 0 Å². The Balaban J connectivity index is 2.78. The average Bonchev–Trinajstić information content (AvgIpc) is 2.08. The molecule has 6 nitrogen and oxygen atoms in total. The van der Waals surface area contributed by atoms with Gasteiger partial charge < -0.3 is 30.3 Å². The summed E-state index contributed by atoms with van der Waals surface area (Å²) in [7, 11) is 0. The van der Waals surface area contributed by atoms with E-state index < -0.39 is 30.7 Å². The predicted molar refractivity (Wildman–Crippen MR) is 36.0 cm³/mol. The molecule has 4 atom stereocenters. The molecule has 1 aliphatic rings. The van der Waals surface area contributed by atoms with Crippen molar-refractivity contribution in [2.75, 3.05) is 13.2 Å². The fourth-order valence-corrected chi connectivity index (χ4v) is 1.07. The van der Waals surface area contributed by atoms with Crippen molar-refractivity contribution in [2.45, 2.75) is 24.1 Å². The second-order valence-corrected chi connectivity index (χ2v) is 2.83. The Hall–Kier alpha value is -0.240. The van der Waals surface area contributed by atoms with Crippen molar-refractivity contribution in [1.29, 1.82) is 0 Å². The molecule has 0 aliphatic carbocycles. The number of ether oxygens (including phenoxy) is 1. The normalized spacial score (nSPS) is 49.2. The van der Waals surface area contributed by atoms with Crippen molar-refractivity contribution < 1.29 is 30.3 Å². The van der Waals surface area contributed by atoms with Crippen LogP contribution in [0.2, 0.25) is 0 Å². The summed E-state index contributed by atoms with van der Waals surface area (Å²) < 4.78 is 4.48. The van der Waals surface area contributed by atoms with Gasteiger partial charge in [0.15, 0.2) is 6.29 Å². The van der Waals surface area contributed by atoms with E-state index in [1.165, 1.54) is 0 Å². The quantitative estimate of drug-likeness (QED) is 0.290. The second kappa shape index (κ2) is 3.25. The van der Waals surface area contributed by atoms with E-state index in [2.05, 4.69) is 4.74 Å². The summed E-state index contributed by atoms with van der Waals surface area (Å²) in [5, 5.41) is 45.2. The lowest BCUT2D eigenvalue weighted by atomic mass is 9.89. The zero-order chi connectivity index (χ0) is 9.35. The monoisotopic (exact) mass is 180 g/mol. The number of rotatable bonds is 1. The highest BCUT2D eigenvalue weighted by Crippen LogP contribution is 2.24. The zero-order valence-corrected chi connectivity index (χ0v) is 6.29. The van der Waals surface area contributed by atoms with E-state index in [-0.39, 0.29) is 6.61 Å². The van der Waals surface area contributed by atoms with Crippen LogP contribution in [0.3, 0.4) is 0 Å². The van der Waals surface area contributed by atoms with Crippen LogP contribution in [-0.4, -0.2) is 62.8 Å². The molecule has 0 amide bonds. The lowest BCUT2D eigenvalue weighted by Crippen LogP contribution is -2.64. The summed E-state index contributed by atoms with van der Waals surface area (Å²) in [5.41, 5.74) is -2.10. The van der Waals surface area contributed by atoms with Gasteiger partial charge in [-0.05, 0) is 0 Å². The van der Waals surface area contributed by atoms with E-state index in [4.69, 9.17) is 20.4 Å². The highest BCUT2D eigenvalue weighted by atomic mass is 16.6. The van der Waals surface area contributed by atoms with Crippen molar-refractivity contribution in [3.63, 3.8) is 0 Å². The second-order valence-electron chi connectivity index (χ2n) is 2.83. The minimum atomic E-state index is -2.10. The van der Waals surface area contributed by atoms with Gasteiger partial charge in [-0.25, -0.2) is 0 Å². The van der Waals surface area contributed by atoms with E-state index in [1.807, 2.05) is 0 Å². The van der Waals surface area contributed by atoms with E-state index in [0.717, 1.165) is 0 Å². The Morgan fingerprint density at radius 3 is 2.33 bits per heavy atom. The molecule has 1 aliphatic heterocycles. The Kier molecular flexibility index (Phi) is 2.67. The van der Waals surface area contributed by atoms with Crippen LogP contribution < -0.4 is 0 Å². The SMILES string of the molecule is OCC1(O)C(O)COC(O)C1O. The van der Waals surface area contributed by atoms with Gasteiger partial charge in [-0.1, -0.05) is 0 Å². The molecule has 4 unspecified atom stereocenters. The maximum absolute atomic E-state index is 9.40. The number of hydrogen-bond donors (Lipinski definition) is 5. The van der Waals surface area contributed by atoms with Gasteiger partial charge in [-0.15, -0.1) is 0 Å². The standard InChI is InChI=1S/C6H12O6/c7-2-6(11)3(8)1-12-5(10)4(6)9/h3-5,7-11H,1-2H2. The maximum atomic E-state index is 9.40. The van der Waals surface area contributed by atoms with Crippen LogP contribution in [0.25, 0.3) is 0 Å². The number of aliphatic hydroxyl groups excluding tert-OH is 4. The molecule has 1 saturated heterocycles. The van der Waals surface area contributed by atoms with Crippen LogP contribution in [0, 0.1) is 0 Å². The van der Waals surface area contributed by atoms with Crippen LogP contribution in [-0.2, 0) is 4.74 Å². The Morgan fingerprint density at radius 1 is 1.33 bits per heavy atom. The molecule has 12 heavy (non-hydrogen) atoms. The van der Waals surface area contributed by atoms with Crippen molar-refractivity contribution in [1.82, 2.24) is 0 Å². The van der Waals surface area contributed by atoms with E-state index >= 15 is 0 Å². The third kappa shape index (κ3) is 1.33. The van der Waals surface area contributed by atoms with Gasteiger partial charge in [-0.2, -0.15) is 0 Å². The number of hydrogen-bond acceptors (Lipinski definition) is 6. The molecule has 0 aromatic heterocycles. The molecule has 1 heterocycles. The topological polar surface area (TPSA) is 110 Å². The molecule has 72 valence electrons. The van der Waals surface area contributed by atoms with Crippen molar-refractivity contribution in [2.24, 2.45) is 0 Å². The molecule has 0 saturated carbocycles. The molecule has 1 fully saturated rings. The smallest absolute Gasteiger partial charge is 0.184 e. The van der Waals surface area contributed by atoms with E-state index in [1.54, 1.807) is 0 Å². The summed E-state index contributed by atoms with van der Waals surface area (Å²) in [5.74, 6) is 0. The van der Waals surface area contributed by atoms with E-state index in [0.29, 0.717) is 0 Å². The molecule has 0 radical (unpaired) electrons. The third-order valence-corrected chi connectivity index (χ3v) is 2.04. The van der Waals surface area contributed by atoms with Crippen LogP contribution in [0.5, 0.6) is 0 Å². The average molecular weight is 180 g/mol. The molecule has 5 N–H and O–H groups in total. The maximum Gasteiger partial charge on any atom is 0.184 e. The van der Waals surface area contributed by atoms with Crippen molar-refractivity contribution in [3.8, 4) is 0 Å². The lowest BCUT2D eigenvalue weighted by Gasteiger charge is -2.41. The molecular weight excluding hydrogens is 168 g/mol. The summed E-state index contributed by atoms with van der Waals surface area (Å²) in [6, 6.07) is 0. The van der Waals surface area contributed by atoms with Crippen molar-refractivity contribution >= 4 is 0 Å². The third-order valence-electron chi connectivity index (χ3n) is 2.04. The van der Waals surface area contributed by atoms with Gasteiger partial charge in [-0.3, -0.25) is 0 Å². The summed E-state index contributed by atoms with van der Waals surface area (Å²) in [6.07, 6.45) is -4.68. The fraction of sp³-hybridized carbons (Fsp3) is 1.00. The van der Waals surface area contributed by atoms with Crippen LogP contribution in [0.1, 0.15) is 0 Å². The molecule has 0 bridgehead atoms. The van der Waals surface area contributed by atoms with Crippen LogP contribution in [0.4, 0.5) is 0 Å². The van der Waals surface area contributed by atoms with Gasteiger partial charge >= 0.3 is 0 Å². The summed E-state index contributed by atoms with van der Waals surface area (Å²) >= 11 is 0. The van der Waals surface area contributed by atoms with Gasteiger partial charge in [0, 0.05) is 0 Å². The highest BCUT2D eigenvalue weighted by Gasteiger charge is 2.50. The zero-order valence-electron chi connectivity index (χ0n) is 6.29. The Bertz CT molecular complexity index is 162. The summed E-state index contributed by atoms with van der Waals surface area (Å²) in [4.78, 5) is 0. The van der Waals surface area contributed by atoms with Gasteiger partial charge in [0.05, 0.1) is 13.2 Å². The largest absolute Gasteiger partial charge is 0.393 e. The first-order valence-electron chi connectivity index (χ1n) is 3.51. The first-order valence-corrected chi connectivity index (χ1v) is 3.51. The minimum Gasteiger partial charge on any atom is -0.393 e. The van der Waals surface area contributed by atoms with Crippen LogP contribution >= 0.6 is 0 Å². The van der Waals surface area contributed by atoms with Gasteiger partial charge in [0.2, 0.25) is 0 Å². The number of aliphatic hydroxyl groups is 5. The molecule has 0 aromatic carbocycles. The van der Waals surface area contributed by atoms with Gasteiger partial charge in [0.1, 0.15) is 17.8 Å². The Morgan fingerprint density at radius 2 is 1.92 bits per heavy atom. The van der Waals surface area contributed by atoms with E-state index in [9.17, 15) is 5.11 Å². The first kappa shape index (κ1) is 9.85. The lowest BCUT2D eigenvalue weighted by molar-refractivity contribution is -0.298. The molecule has 6 heteroatoms. The summed E-state index contributed by atoms with van der Waals surface area (Å²) in [6.45, 7) is -1.16. The van der Waals surface area contributed by atoms with Crippen LogP contribution in [0.15, 0.2) is 0 Å². The predicted octanol–water partition coefficient (Wildman–Crippen LogP) is -3.22. The van der Waals surface area contributed by atoms with Crippen molar-refractivity contribution in [3.05, 3.63) is 0 Å². The molecule has 1 rings (SSSR count). The molecular formula is C6H12O6. The first-order chi connectivity index (χ1) is 5.52. The molecule has 0 aromatic rings. The Labute approximate surface area is 68.6 Å².